The highest BCUT2D eigenvalue weighted by molar-refractivity contribution is 7.92. The number of aliphatic carboxylic acids is 1. The minimum absolute atomic E-state index is 0.0693. The summed E-state index contributed by atoms with van der Waals surface area (Å²) < 4.78 is 60.5. The topological polar surface area (TPSA) is 122 Å². The van der Waals surface area contributed by atoms with Crippen molar-refractivity contribution in [2.75, 3.05) is 69.0 Å². The number of hydrogen-bond acceptors (Lipinski definition) is 7. The van der Waals surface area contributed by atoms with Crippen molar-refractivity contribution in [3.63, 3.8) is 0 Å². The smallest absolute Gasteiger partial charge is 0.475 e. The van der Waals surface area contributed by atoms with Crippen LogP contribution in [0.3, 0.4) is 0 Å². The summed E-state index contributed by atoms with van der Waals surface area (Å²) in [4.78, 5) is 28.3. The van der Waals surface area contributed by atoms with Gasteiger partial charge < -0.3 is 25.1 Å². The number of piperazine rings is 2. The molecule has 2 aromatic carbocycles. The summed E-state index contributed by atoms with van der Waals surface area (Å²) in [7, 11) is -1.73. The van der Waals surface area contributed by atoms with Gasteiger partial charge in [-0.15, -0.1) is 0 Å². The van der Waals surface area contributed by atoms with Crippen LogP contribution in [0.2, 0.25) is 0 Å². The predicted octanol–water partition coefficient (Wildman–Crippen LogP) is 1.92. The van der Waals surface area contributed by atoms with E-state index in [-0.39, 0.29) is 10.8 Å². The molecule has 1 amide bonds. The highest BCUT2D eigenvalue weighted by Crippen LogP contribution is 2.30. The molecule has 0 spiro atoms. The van der Waals surface area contributed by atoms with Crippen molar-refractivity contribution in [1.82, 2.24) is 15.1 Å². The first-order chi connectivity index (χ1) is 17.9. The zero-order valence-corrected chi connectivity index (χ0v) is 21.6. The molecule has 4 rings (SSSR count). The molecular formula is C24H30F3N5O5S. The summed E-state index contributed by atoms with van der Waals surface area (Å²) in [6.07, 6.45) is -5.08. The number of sulfonamides is 1. The first-order valence-electron chi connectivity index (χ1n) is 11.8. The SMILES string of the molecule is CN1CCN(C(=O)c2ccc(N3CCNCC3)c(NS(=O)(=O)c3ccccc3)c2)CC1.O=C(O)C(F)(F)F. The fourth-order valence-electron chi connectivity index (χ4n) is 3.93. The Morgan fingerprint density at radius 3 is 2.08 bits per heavy atom. The predicted molar refractivity (Wildman–Crippen MR) is 136 cm³/mol. The molecule has 2 fully saturated rings. The number of hydrogen-bond donors (Lipinski definition) is 3. The first kappa shape index (κ1) is 29.2. The maximum absolute atomic E-state index is 13.1. The van der Waals surface area contributed by atoms with Crippen molar-refractivity contribution in [3.05, 3.63) is 54.1 Å². The number of carbonyl (C=O) groups excluding carboxylic acids is 1. The number of rotatable bonds is 5. The van der Waals surface area contributed by atoms with E-state index in [0.717, 1.165) is 45.0 Å². The van der Waals surface area contributed by atoms with Gasteiger partial charge in [0.05, 0.1) is 16.3 Å². The van der Waals surface area contributed by atoms with Crippen molar-refractivity contribution in [1.29, 1.82) is 0 Å². The monoisotopic (exact) mass is 557 g/mol. The lowest BCUT2D eigenvalue weighted by molar-refractivity contribution is -0.192. The average Bonchev–Trinajstić information content (AvgIpc) is 2.89. The van der Waals surface area contributed by atoms with E-state index in [0.29, 0.717) is 24.3 Å². The number of carbonyl (C=O) groups is 2. The van der Waals surface area contributed by atoms with Gasteiger partial charge in [0.15, 0.2) is 0 Å². The number of nitrogens with one attached hydrogen (secondary N) is 2. The van der Waals surface area contributed by atoms with Crippen LogP contribution in [0.5, 0.6) is 0 Å². The van der Waals surface area contributed by atoms with Gasteiger partial charge in [0.25, 0.3) is 15.9 Å². The Hall–Kier alpha value is -3.36. The maximum Gasteiger partial charge on any atom is 0.490 e. The van der Waals surface area contributed by atoms with Crippen molar-refractivity contribution in [2.24, 2.45) is 0 Å². The summed E-state index contributed by atoms with van der Waals surface area (Å²) in [6, 6.07) is 13.6. The summed E-state index contributed by atoms with van der Waals surface area (Å²) >= 11 is 0. The second kappa shape index (κ2) is 12.5. The summed E-state index contributed by atoms with van der Waals surface area (Å²) in [5, 5.41) is 10.4. The molecule has 2 aromatic rings. The van der Waals surface area contributed by atoms with E-state index in [9.17, 15) is 26.4 Å². The van der Waals surface area contributed by atoms with Crippen molar-refractivity contribution < 1.29 is 36.3 Å². The number of amides is 1. The molecule has 38 heavy (non-hydrogen) atoms. The van der Waals surface area contributed by atoms with Gasteiger partial charge >= 0.3 is 12.1 Å². The van der Waals surface area contributed by atoms with Crippen LogP contribution in [0.4, 0.5) is 24.5 Å². The Morgan fingerprint density at radius 2 is 1.53 bits per heavy atom. The average molecular weight is 558 g/mol. The summed E-state index contributed by atoms with van der Waals surface area (Å²) in [5.74, 6) is -2.83. The Labute approximate surface area is 219 Å². The molecule has 2 aliphatic heterocycles. The van der Waals surface area contributed by atoms with E-state index in [1.807, 2.05) is 18.0 Å². The van der Waals surface area contributed by atoms with Crippen LogP contribution < -0.4 is 14.9 Å². The van der Waals surface area contributed by atoms with E-state index in [4.69, 9.17) is 9.90 Å². The third kappa shape index (κ3) is 7.82. The number of carboxylic acid groups (broad SMARTS) is 1. The number of anilines is 2. The van der Waals surface area contributed by atoms with Crippen molar-refractivity contribution >= 4 is 33.3 Å². The minimum Gasteiger partial charge on any atom is -0.475 e. The Kier molecular flexibility index (Phi) is 9.57. The molecule has 0 radical (unpaired) electrons. The lowest BCUT2D eigenvalue weighted by atomic mass is 10.1. The van der Waals surface area contributed by atoms with Crippen LogP contribution in [-0.2, 0) is 14.8 Å². The van der Waals surface area contributed by atoms with Crippen LogP contribution in [0.15, 0.2) is 53.4 Å². The molecule has 208 valence electrons. The molecule has 0 bridgehead atoms. The summed E-state index contributed by atoms with van der Waals surface area (Å²) in [5.41, 5.74) is 1.72. The third-order valence-electron chi connectivity index (χ3n) is 6.03. The van der Waals surface area contributed by atoms with Crippen LogP contribution in [0, 0.1) is 0 Å². The van der Waals surface area contributed by atoms with E-state index in [1.54, 1.807) is 42.5 Å². The van der Waals surface area contributed by atoms with Gasteiger partial charge in [-0.1, -0.05) is 18.2 Å². The van der Waals surface area contributed by atoms with Crippen LogP contribution in [-0.4, -0.2) is 101 Å². The second-order valence-electron chi connectivity index (χ2n) is 8.79. The van der Waals surface area contributed by atoms with Crippen molar-refractivity contribution in [3.8, 4) is 0 Å². The minimum atomic E-state index is -5.08. The standard InChI is InChI=1S/C22H29N5O3S.C2HF3O2/c1-25-13-15-27(16-14-25)22(28)18-7-8-21(26-11-9-23-10-12-26)20(17-18)24-31(29,30)19-5-3-2-4-6-19;3-2(4,5)1(6)7/h2-8,17,23-24H,9-16H2,1H3;(H,6,7). The molecule has 0 aliphatic carbocycles. The van der Waals surface area contributed by atoms with E-state index in [1.165, 1.54) is 0 Å². The van der Waals surface area contributed by atoms with E-state index < -0.39 is 22.2 Å². The number of alkyl halides is 3. The van der Waals surface area contributed by atoms with Gasteiger partial charge in [-0.05, 0) is 37.4 Å². The number of likely N-dealkylation sites (N-methyl/N-ethyl adjacent to an activating group) is 1. The normalized spacial score (nSPS) is 16.8. The Balaban J connectivity index is 0.000000505. The number of carboxylic acids is 1. The molecule has 14 heteroatoms. The van der Waals surface area contributed by atoms with Gasteiger partial charge in [0.2, 0.25) is 0 Å². The van der Waals surface area contributed by atoms with E-state index >= 15 is 0 Å². The summed E-state index contributed by atoms with van der Waals surface area (Å²) in [6.45, 7) is 6.19. The zero-order valence-electron chi connectivity index (χ0n) is 20.7. The van der Waals surface area contributed by atoms with Crippen LogP contribution >= 0.6 is 0 Å². The van der Waals surface area contributed by atoms with Gasteiger partial charge in [-0.2, -0.15) is 13.2 Å². The van der Waals surface area contributed by atoms with Gasteiger partial charge in [-0.3, -0.25) is 9.52 Å². The molecule has 2 heterocycles. The van der Waals surface area contributed by atoms with Gasteiger partial charge in [0.1, 0.15) is 0 Å². The highest BCUT2D eigenvalue weighted by atomic mass is 32.2. The number of benzene rings is 2. The van der Waals surface area contributed by atoms with Gasteiger partial charge in [0, 0.05) is 57.9 Å². The van der Waals surface area contributed by atoms with E-state index in [2.05, 4.69) is 19.8 Å². The fourth-order valence-corrected chi connectivity index (χ4v) is 5.01. The fraction of sp³-hybridized carbons (Fsp3) is 0.417. The Bertz CT molecular complexity index is 1210. The molecule has 2 aliphatic rings. The lowest BCUT2D eigenvalue weighted by Crippen LogP contribution is -2.47. The molecule has 0 unspecified atom stereocenters. The quantitative estimate of drug-likeness (QED) is 0.510. The second-order valence-corrected chi connectivity index (χ2v) is 10.5. The molecule has 0 saturated carbocycles. The lowest BCUT2D eigenvalue weighted by Gasteiger charge is -2.33. The molecule has 2 saturated heterocycles. The maximum atomic E-state index is 13.1. The van der Waals surface area contributed by atoms with Crippen molar-refractivity contribution in [2.45, 2.75) is 11.1 Å². The molecule has 0 atom stereocenters. The third-order valence-corrected chi connectivity index (χ3v) is 7.41. The number of halogens is 3. The van der Waals surface area contributed by atoms with Crippen LogP contribution in [0.25, 0.3) is 0 Å². The largest absolute Gasteiger partial charge is 0.490 e. The Morgan fingerprint density at radius 1 is 0.947 bits per heavy atom. The number of nitrogens with zero attached hydrogens (tertiary/aromatic N) is 3. The highest BCUT2D eigenvalue weighted by Gasteiger charge is 2.38. The molecule has 10 nitrogen and oxygen atoms in total. The molecular weight excluding hydrogens is 527 g/mol. The van der Waals surface area contributed by atoms with Crippen LogP contribution in [0.1, 0.15) is 10.4 Å². The zero-order chi connectivity index (χ0) is 27.9. The molecule has 0 aromatic heterocycles. The van der Waals surface area contributed by atoms with Gasteiger partial charge in [-0.25, -0.2) is 13.2 Å². The molecule has 3 N–H and O–H groups in total. The first-order valence-corrected chi connectivity index (χ1v) is 13.3.